The van der Waals surface area contributed by atoms with Crippen LogP contribution in [0, 0.1) is 11.3 Å². The van der Waals surface area contributed by atoms with E-state index in [1.807, 2.05) is 0 Å². The van der Waals surface area contributed by atoms with Crippen LogP contribution in [0.25, 0.3) is 0 Å². The third kappa shape index (κ3) is 2.08. The Bertz CT molecular complexity index is 157. The summed E-state index contributed by atoms with van der Waals surface area (Å²) in [6.07, 6.45) is 6.55. The zero-order valence-corrected chi connectivity index (χ0v) is 8.28. The van der Waals surface area contributed by atoms with Crippen LogP contribution in [0.5, 0.6) is 0 Å². The van der Waals surface area contributed by atoms with E-state index in [-0.39, 0.29) is 0 Å². The lowest BCUT2D eigenvalue weighted by Gasteiger charge is -2.34. The average Bonchev–Trinajstić information content (AvgIpc) is 1.74. The molecule has 1 atom stereocenters. The highest BCUT2D eigenvalue weighted by Gasteiger charge is 2.26. The SMILES string of the molecule is CCCC1C=C(C(C)(C)C)C1. The van der Waals surface area contributed by atoms with Crippen molar-refractivity contribution in [1.29, 1.82) is 0 Å². The smallest absolute Gasteiger partial charge is 0.0173 e. The molecule has 0 aromatic rings. The predicted molar refractivity (Wildman–Crippen MR) is 50.6 cm³/mol. The summed E-state index contributed by atoms with van der Waals surface area (Å²) in [6, 6.07) is 0. The Morgan fingerprint density at radius 3 is 2.36 bits per heavy atom. The van der Waals surface area contributed by atoms with E-state index in [9.17, 15) is 0 Å². The summed E-state index contributed by atoms with van der Waals surface area (Å²) in [4.78, 5) is 0. The highest BCUT2D eigenvalue weighted by molar-refractivity contribution is 5.22. The van der Waals surface area contributed by atoms with E-state index in [2.05, 4.69) is 33.8 Å². The monoisotopic (exact) mass is 152 g/mol. The van der Waals surface area contributed by atoms with Crippen molar-refractivity contribution in [3.8, 4) is 0 Å². The molecule has 1 aliphatic carbocycles. The molecule has 0 aliphatic heterocycles. The maximum Gasteiger partial charge on any atom is -0.0173 e. The minimum absolute atomic E-state index is 0.435. The Labute approximate surface area is 70.7 Å². The van der Waals surface area contributed by atoms with Gasteiger partial charge in [0, 0.05) is 0 Å². The molecule has 0 saturated heterocycles. The highest BCUT2D eigenvalue weighted by Crippen LogP contribution is 2.40. The van der Waals surface area contributed by atoms with Crippen molar-refractivity contribution in [2.75, 3.05) is 0 Å². The van der Waals surface area contributed by atoms with Crippen molar-refractivity contribution < 1.29 is 0 Å². The first kappa shape index (κ1) is 8.83. The molecule has 11 heavy (non-hydrogen) atoms. The second-order valence-electron chi connectivity index (χ2n) is 4.69. The van der Waals surface area contributed by atoms with E-state index >= 15 is 0 Å². The van der Waals surface area contributed by atoms with Gasteiger partial charge in [-0.15, -0.1) is 0 Å². The van der Waals surface area contributed by atoms with Crippen molar-refractivity contribution in [3.05, 3.63) is 11.6 Å². The van der Waals surface area contributed by atoms with Crippen molar-refractivity contribution in [2.24, 2.45) is 11.3 Å². The van der Waals surface area contributed by atoms with Crippen LogP contribution in [0.3, 0.4) is 0 Å². The van der Waals surface area contributed by atoms with Gasteiger partial charge in [-0.2, -0.15) is 0 Å². The summed E-state index contributed by atoms with van der Waals surface area (Å²) in [5, 5.41) is 0. The minimum Gasteiger partial charge on any atom is -0.0813 e. The van der Waals surface area contributed by atoms with Gasteiger partial charge < -0.3 is 0 Å². The normalized spacial score (nSPS) is 24.4. The zero-order chi connectivity index (χ0) is 8.48. The third-order valence-electron chi connectivity index (χ3n) is 2.54. The lowest BCUT2D eigenvalue weighted by molar-refractivity contribution is 0.396. The van der Waals surface area contributed by atoms with E-state index in [0.717, 1.165) is 5.92 Å². The molecular formula is C11H20. The number of hydrogen-bond acceptors (Lipinski definition) is 0. The molecule has 0 N–H and O–H groups in total. The lowest BCUT2D eigenvalue weighted by Crippen LogP contribution is -2.20. The fraction of sp³-hybridized carbons (Fsp3) is 0.818. The first-order chi connectivity index (χ1) is 5.04. The maximum absolute atomic E-state index is 2.48. The van der Waals surface area contributed by atoms with Gasteiger partial charge in [0.15, 0.2) is 0 Å². The Kier molecular flexibility index (Phi) is 2.41. The van der Waals surface area contributed by atoms with Crippen molar-refractivity contribution in [1.82, 2.24) is 0 Å². The second-order valence-corrected chi connectivity index (χ2v) is 4.69. The van der Waals surface area contributed by atoms with E-state index in [0.29, 0.717) is 5.41 Å². The number of rotatable bonds is 2. The van der Waals surface area contributed by atoms with Gasteiger partial charge in [0.25, 0.3) is 0 Å². The molecule has 0 spiro atoms. The highest BCUT2D eigenvalue weighted by atomic mass is 14.3. The molecule has 1 unspecified atom stereocenters. The van der Waals surface area contributed by atoms with Crippen LogP contribution in [0.15, 0.2) is 11.6 Å². The van der Waals surface area contributed by atoms with Crippen LogP contribution in [0.1, 0.15) is 47.0 Å². The van der Waals surface area contributed by atoms with Crippen LogP contribution in [-0.4, -0.2) is 0 Å². The summed E-state index contributed by atoms with van der Waals surface area (Å²) in [6.45, 7) is 9.19. The topological polar surface area (TPSA) is 0 Å². The summed E-state index contributed by atoms with van der Waals surface area (Å²) < 4.78 is 0. The summed E-state index contributed by atoms with van der Waals surface area (Å²) in [5.41, 5.74) is 2.10. The Hall–Kier alpha value is -0.260. The van der Waals surface area contributed by atoms with Crippen LogP contribution in [-0.2, 0) is 0 Å². The van der Waals surface area contributed by atoms with Crippen LogP contribution in [0.4, 0.5) is 0 Å². The molecule has 0 amide bonds. The molecule has 0 nitrogen and oxygen atoms in total. The predicted octanol–water partition coefficient (Wildman–Crippen LogP) is 3.78. The number of allylic oxidation sites excluding steroid dienone is 2. The third-order valence-corrected chi connectivity index (χ3v) is 2.54. The largest absolute Gasteiger partial charge is 0.0813 e. The minimum atomic E-state index is 0.435. The molecule has 0 aromatic carbocycles. The van der Waals surface area contributed by atoms with Gasteiger partial charge >= 0.3 is 0 Å². The summed E-state index contributed by atoms with van der Waals surface area (Å²) >= 11 is 0. The summed E-state index contributed by atoms with van der Waals surface area (Å²) in [7, 11) is 0. The van der Waals surface area contributed by atoms with Crippen molar-refractivity contribution >= 4 is 0 Å². The molecule has 0 saturated carbocycles. The molecular weight excluding hydrogens is 132 g/mol. The fourth-order valence-electron chi connectivity index (χ4n) is 1.65. The van der Waals surface area contributed by atoms with E-state index in [1.165, 1.54) is 19.3 Å². The van der Waals surface area contributed by atoms with E-state index < -0.39 is 0 Å². The summed E-state index contributed by atoms with van der Waals surface area (Å²) in [5.74, 6) is 0.911. The van der Waals surface area contributed by atoms with Gasteiger partial charge in [-0.25, -0.2) is 0 Å². The average molecular weight is 152 g/mol. The first-order valence-corrected chi connectivity index (χ1v) is 4.75. The molecule has 0 heteroatoms. The van der Waals surface area contributed by atoms with E-state index in [4.69, 9.17) is 0 Å². The maximum atomic E-state index is 2.48. The lowest BCUT2D eigenvalue weighted by atomic mass is 9.71. The van der Waals surface area contributed by atoms with Crippen LogP contribution in [0.2, 0.25) is 0 Å². The van der Waals surface area contributed by atoms with Gasteiger partial charge in [-0.3, -0.25) is 0 Å². The Morgan fingerprint density at radius 2 is 2.00 bits per heavy atom. The molecule has 0 bridgehead atoms. The standard InChI is InChI=1S/C11H20/c1-5-6-9-7-10(8-9)11(2,3)4/h7,9H,5-6,8H2,1-4H3. The molecule has 64 valence electrons. The molecule has 1 rings (SSSR count). The second kappa shape index (κ2) is 3.00. The van der Waals surface area contributed by atoms with Gasteiger partial charge in [0.2, 0.25) is 0 Å². The Morgan fingerprint density at radius 1 is 1.45 bits per heavy atom. The van der Waals surface area contributed by atoms with E-state index in [1.54, 1.807) is 5.57 Å². The molecule has 0 aromatic heterocycles. The van der Waals surface area contributed by atoms with Gasteiger partial charge in [0.05, 0.1) is 0 Å². The van der Waals surface area contributed by atoms with Gasteiger partial charge in [-0.05, 0) is 24.2 Å². The van der Waals surface area contributed by atoms with Crippen LogP contribution >= 0.6 is 0 Å². The van der Waals surface area contributed by atoms with Gasteiger partial charge in [0.1, 0.15) is 0 Å². The quantitative estimate of drug-likeness (QED) is 0.528. The first-order valence-electron chi connectivity index (χ1n) is 4.75. The molecule has 0 fully saturated rings. The zero-order valence-electron chi connectivity index (χ0n) is 8.28. The fourth-order valence-corrected chi connectivity index (χ4v) is 1.65. The molecule has 0 radical (unpaired) electrons. The number of hydrogen-bond donors (Lipinski definition) is 0. The van der Waals surface area contributed by atoms with Crippen molar-refractivity contribution in [2.45, 2.75) is 47.0 Å². The molecule has 0 heterocycles. The van der Waals surface area contributed by atoms with Gasteiger partial charge in [-0.1, -0.05) is 45.8 Å². The Balaban J connectivity index is 2.40. The molecule has 1 aliphatic rings. The van der Waals surface area contributed by atoms with Crippen LogP contribution < -0.4 is 0 Å². The van der Waals surface area contributed by atoms with Crippen molar-refractivity contribution in [3.63, 3.8) is 0 Å².